The zero-order valence-electron chi connectivity index (χ0n) is 16.4. The lowest BCUT2D eigenvalue weighted by Crippen LogP contribution is -2.43. The lowest BCUT2D eigenvalue weighted by molar-refractivity contribution is 0.243. The van der Waals surface area contributed by atoms with Crippen molar-refractivity contribution in [2.75, 3.05) is 18.6 Å². The van der Waals surface area contributed by atoms with Crippen LogP contribution in [0.1, 0.15) is 30.6 Å². The molecule has 6 nitrogen and oxygen atoms in total. The number of anilines is 1. The molecule has 2 aromatic carbocycles. The third-order valence-electron chi connectivity index (χ3n) is 5.21. The van der Waals surface area contributed by atoms with Crippen LogP contribution in [-0.4, -0.2) is 29.5 Å². The first kappa shape index (κ1) is 19.0. The quantitative estimate of drug-likeness (QED) is 0.720. The molecule has 1 aliphatic heterocycles. The van der Waals surface area contributed by atoms with Gasteiger partial charge in [0.2, 0.25) is 0 Å². The van der Waals surface area contributed by atoms with Gasteiger partial charge in [-0.05, 0) is 61.7 Å². The molecule has 1 aromatic heterocycles. The summed E-state index contributed by atoms with van der Waals surface area (Å²) in [7, 11) is 1.63. The summed E-state index contributed by atoms with van der Waals surface area (Å²) >= 11 is 0. The highest BCUT2D eigenvalue weighted by Crippen LogP contribution is 2.29. The van der Waals surface area contributed by atoms with E-state index in [0.717, 1.165) is 41.2 Å². The predicted octanol–water partition coefficient (Wildman–Crippen LogP) is 4.24. The molecule has 0 saturated carbocycles. The van der Waals surface area contributed by atoms with Gasteiger partial charge in [-0.1, -0.05) is 12.1 Å². The van der Waals surface area contributed by atoms with Crippen LogP contribution < -0.4 is 15.0 Å². The molecule has 7 heteroatoms. The van der Waals surface area contributed by atoms with E-state index in [1.807, 2.05) is 31.2 Å². The number of halogens is 1. The minimum atomic E-state index is -0.289. The Bertz CT molecular complexity index is 999. The van der Waals surface area contributed by atoms with Crippen molar-refractivity contribution in [2.24, 2.45) is 0 Å². The van der Waals surface area contributed by atoms with Gasteiger partial charge in [0, 0.05) is 6.54 Å². The molecule has 0 aliphatic carbocycles. The zero-order valence-corrected chi connectivity index (χ0v) is 16.4. The predicted molar refractivity (Wildman–Crippen MR) is 109 cm³/mol. The molecule has 0 fully saturated rings. The molecule has 0 saturated heterocycles. The van der Waals surface area contributed by atoms with Crippen LogP contribution in [0.2, 0.25) is 0 Å². The molecule has 2 amide bonds. The Morgan fingerprint density at radius 1 is 1.17 bits per heavy atom. The van der Waals surface area contributed by atoms with Crippen LogP contribution in [0.3, 0.4) is 0 Å². The summed E-state index contributed by atoms with van der Waals surface area (Å²) in [4.78, 5) is 14.7. The van der Waals surface area contributed by atoms with Crippen LogP contribution in [0.15, 0.2) is 54.7 Å². The van der Waals surface area contributed by atoms with Crippen LogP contribution >= 0.6 is 0 Å². The molecular formula is C22H23FN4O2. The lowest BCUT2D eigenvalue weighted by Gasteiger charge is -2.29. The van der Waals surface area contributed by atoms with E-state index in [1.165, 1.54) is 12.1 Å². The molecule has 3 aromatic rings. The highest BCUT2D eigenvalue weighted by molar-refractivity contribution is 5.93. The van der Waals surface area contributed by atoms with E-state index in [-0.39, 0.29) is 17.9 Å². The van der Waals surface area contributed by atoms with Gasteiger partial charge in [0.1, 0.15) is 11.6 Å². The molecule has 4 rings (SSSR count). The van der Waals surface area contributed by atoms with Crippen molar-refractivity contribution >= 4 is 11.7 Å². The summed E-state index contributed by atoms with van der Waals surface area (Å²) < 4.78 is 20.2. The number of hydrogen-bond acceptors (Lipinski definition) is 3. The maximum Gasteiger partial charge on any atom is 0.322 e. The fourth-order valence-electron chi connectivity index (χ4n) is 3.60. The van der Waals surface area contributed by atoms with Crippen LogP contribution in [0.4, 0.5) is 14.9 Å². The summed E-state index contributed by atoms with van der Waals surface area (Å²) in [5.74, 6) is 0.490. The van der Waals surface area contributed by atoms with E-state index in [0.29, 0.717) is 6.54 Å². The van der Waals surface area contributed by atoms with Crippen molar-refractivity contribution < 1.29 is 13.9 Å². The van der Waals surface area contributed by atoms with E-state index in [4.69, 9.17) is 4.74 Å². The van der Waals surface area contributed by atoms with Gasteiger partial charge in [0.25, 0.3) is 0 Å². The average molecular weight is 394 g/mol. The van der Waals surface area contributed by atoms with Crippen molar-refractivity contribution in [1.82, 2.24) is 15.1 Å². The number of hydrogen-bond donors (Lipinski definition) is 1. The van der Waals surface area contributed by atoms with Crippen LogP contribution in [-0.2, 0) is 6.42 Å². The Balaban J connectivity index is 1.53. The fourth-order valence-corrected chi connectivity index (χ4v) is 3.60. The summed E-state index contributed by atoms with van der Waals surface area (Å²) in [6.07, 6.45) is 3.35. The first-order chi connectivity index (χ1) is 14.1. The number of carbonyl (C=O) groups is 1. The second-order valence-electron chi connectivity index (χ2n) is 7.06. The smallest absolute Gasteiger partial charge is 0.322 e. The van der Waals surface area contributed by atoms with Crippen molar-refractivity contribution in [3.05, 3.63) is 71.8 Å². The van der Waals surface area contributed by atoms with Crippen LogP contribution in [0, 0.1) is 5.82 Å². The second kappa shape index (κ2) is 7.95. The number of benzene rings is 2. The Morgan fingerprint density at radius 2 is 1.90 bits per heavy atom. The molecule has 29 heavy (non-hydrogen) atoms. The maximum absolute atomic E-state index is 13.2. The minimum absolute atomic E-state index is 0.147. The third kappa shape index (κ3) is 3.81. The Labute approximate surface area is 168 Å². The fraction of sp³-hybridized carbons (Fsp3) is 0.273. The van der Waals surface area contributed by atoms with Crippen molar-refractivity contribution in [2.45, 2.75) is 25.8 Å². The molecule has 1 N–H and O–H groups in total. The van der Waals surface area contributed by atoms with Gasteiger partial charge < -0.3 is 10.1 Å². The molecule has 1 aliphatic rings. The molecule has 1 atom stereocenters. The van der Waals surface area contributed by atoms with Crippen molar-refractivity contribution in [3.8, 4) is 11.4 Å². The zero-order chi connectivity index (χ0) is 20.4. The molecule has 0 spiro atoms. The molecule has 0 radical (unpaired) electrons. The van der Waals surface area contributed by atoms with Crippen LogP contribution in [0.25, 0.3) is 5.69 Å². The third-order valence-corrected chi connectivity index (χ3v) is 5.21. The van der Waals surface area contributed by atoms with Gasteiger partial charge >= 0.3 is 6.03 Å². The first-order valence-electron chi connectivity index (χ1n) is 9.61. The number of nitrogens with zero attached hydrogens (tertiary/aromatic N) is 3. The lowest BCUT2D eigenvalue weighted by atomic mass is 10.1. The topological polar surface area (TPSA) is 59.4 Å². The summed E-state index contributed by atoms with van der Waals surface area (Å²) in [5.41, 5.74) is 3.52. The molecule has 2 heterocycles. The van der Waals surface area contributed by atoms with E-state index in [2.05, 4.69) is 10.4 Å². The summed E-state index contributed by atoms with van der Waals surface area (Å²) in [5, 5.41) is 7.51. The maximum atomic E-state index is 13.2. The number of fused-ring (bicyclic) bond motifs is 1. The van der Waals surface area contributed by atoms with E-state index < -0.39 is 0 Å². The number of nitrogens with one attached hydrogen (secondary N) is 1. The van der Waals surface area contributed by atoms with E-state index in [9.17, 15) is 9.18 Å². The normalized spacial score (nSPS) is 14.2. The SMILES string of the molecule is COc1ccc(C(C)NC(=O)N2CCCc3c2cnn3-c2ccc(F)cc2)cc1. The highest BCUT2D eigenvalue weighted by Gasteiger charge is 2.27. The van der Waals surface area contributed by atoms with Gasteiger partial charge in [0.05, 0.1) is 36.4 Å². The summed E-state index contributed by atoms with van der Waals surface area (Å²) in [6, 6.07) is 13.5. The standard InChI is InChI=1S/C22H23FN4O2/c1-15(16-5-11-19(29-2)12-6-16)25-22(28)26-13-3-4-20-21(26)14-24-27(20)18-9-7-17(23)8-10-18/h5-12,14-15H,3-4,13H2,1-2H3,(H,25,28). The average Bonchev–Trinajstić information content (AvgIpc) is 3.18. The van der Waals surface area contributed by atoms with Gasteiger partial charge in [-0.25, -0.2) is 13.9 Å². The number of amides is 2. The Hall–Kier alpha value is -3.35. The number of carbonyl (C=O) groups excluding carboxylic acids is 1. The number of ether oxygens (including phenoxy) is 1. The Kier molecular flexibility index (Phi) is 5.20. The van der Waals surface area contributed by atoms with E-state index >= 15 is 0 Å². The number of urea groups is 1. The first-order valence-corrected chi connectivity index (χ1v) is 9.61. The number of rotatable bonds is 4. The highest BCUT2D eigenvalue weighted by atomic mass is 19.1. The number of aromatic nitrogens is 2. The number of methoxy groups -OCH3 is 1. The Morgan fingerprint density at radius 3 is 2.59 bits per heavy atom. The van der Waals surface area contributed by atoms with Crippen LogP contribution in [0.5, 0.6) is 5.75 Å². The second-order valence-corrected chi connectivity index (χ2v) is 7.06. The van der Waals surface area contributed by atoms with Gasteiger partial charge in [0.15, 0.2) is 0 Å². The molecular weight excluding hydrogens is 371 g/mol. The van der Waals surface area contributed by atoms with Crippen molar-refractivity contribution in [3.63, 3.8) is 0 Å². The monoisotopic (exact) mass is 394 g/mol. The largest absolute Gasteiger partial charge is 0.497 e. The van der Waals surface area contributed by atoms with Crippen molar-refractivity contribution in [1.29, 1.82) is 0 Å². The molecule has 150 valence electrons. The minimum Gasteiger partial charge on any atom is -0.497 e. The molecule has 1 unspecified atom stereocenters. The molecule has 0 bridgehead atoms. The van der Waals surface area contributed by atoms with E-state index in [1.54, 1.807) is 35.0 Å². The van der Waals surface area contributed by atoms with Gasteiger partial charge in [-0.3, -0.25) is 4.90 Å². The van der Waals surface area contributed by atoms with Gasteiger partial charge in [-0.2, -0.15) is 5.10 Å². The van der Waals surface area contributed by atoms with Gasteiger partial charge in [-0.15, -0.1) is 0 Å². The summed E-state index contributed by atoms with van der Waals surface area (Å²) in [6.45, 7) is 2.58.